The van der Waals surface area contributed by atoms with Gasteiger partial charge in [0, 0.05) is 17.0 Å². The predicted molar refractivity (Wildman–Crippen MR) is 68.1 cm³/mol. The maximum absolute atomic E-state index is 6.07. The number of hydrogen-bond acceptors (Lipinski definition) is 4. The van der Waals surface area contributed by atoms with Crippen molar-refractivity contribution in [3.05, 3.63) is 33.3 Å². The van der Waals surface area contributed by atoms with Crippen molar-refractivity contribution < 1.29 is 0 Å². The number of nitrogens with zero attached hydrogens (tertiary/aromatic N) is 2. The van der Waals surface area contributed by atoms with Crippen LogP contribution < -0.4 is 5.73 Å². The lowest BCUT2D eigenvalue weighted by Gasteiger charge is -1.99. The molecule has 1 aromatic carbocycles. The van der Waals surface area contributed by atoms with Crippen LogP contribution in [0.3, 0.4) is 0 Å². The van der Waals surface area contributed by atoms with E-state index >= 15 is 0 Å². The van der Waals surface area contributed by atoms with E-state index in [2.05, 4.69) is 10.2 Å². The fraction of sp³-hybridized carbons (Fsp3) is 0.200. The van der Waals surface area contributed by atoms with E-state index in [1.807, 2.05) is 0 Å². The minimum atomic E-state index is 0.567. The van der Waals surface area contributed by atoms with Crippen molar-refractivity contribution in [3.8, 4) is 10.6 Å². The Hall–Kier alpha value is -0.680. The molecule has 2 aromatic rings. The van der Waals surface area contributed by atoms with E-state index < -0.39 is 0 Å². The smallest absolute Gasteiger partial charge is 0.149 e. The summed E-state index contributed by atoms with van der Waals surface area (Å²) in [5, 5.41) is 11.1. The molecule has 0 bridgehead atoms. The number of nitrogens with two attached hydrogens (primary N) is 1. The van der Waals surface area contributed by atoms with Gasteiger partial charge in [0.15, 0.2) is 0 Å². The predicted octanol–water partition coefficient (Wildman–Crippen LogP) is 3.01. The van der Waals surface area contributed by atoms with E-state index in [1.165, 1.54) is 11.3 Å². The highest BCUT2D eigenvalue weighted by Gasteiger charge is 2.10. The molecule has 0 saturated heterocycles. The van der Waals surface area contributed by atoms with Crippen LogP contribution in [0.1, 0.15) is 5.01 Å². The molecule has 16 heavy (non-hydrogen) atoms. The number of halogens is 2. The average molecular weight is 274 g/mol. The lowest BCUT2D eigenvalue weighted by molar-refractivity contribution is 0.913. The van der Waals surface area contributed by atoms with Gasteiger partial charge in [-0.3, -0.25) is 0 Å². The summed E-state index contributed by atoms with van der Waals surface area (Å²) in [6, 6.07) is 5.29. The summed E-state index contributed by atoms with van der Waals surface area (Å²) in [5.74, 6) is 0. The summed E-state index contributed by atoms with van der Waals surface area (Å²) in [6.07, 6.45) is 0.732. The highest BCUT2D eigenvalue weighted by atomic mass is 35.5. The molecule has 2 rings (SSSR count). The molecule has 0 unspecified atom stereocenters. The lowest BCUT2D eigenvalue weighted by atomic mass is 10.2. The molecule has 84 valence electrons. The minimum absolute atomic E-state index is 0.567. The quantitative estimate of drug-likeness (QED) is 0.936. The summed E-state index contributed by atoms with van der Waals surface area (Å²) >= 11 is 13.5. The van der Waals surface area contributed by atoms with E-state index in [0.717, 1.165) is 22.0 Å². The minimum Gasteiger partial charge on any atom is -0.330 e. The maximum Gasteiger partial charge on any atom is 0.149 e. The summed E-state index contributed by atoms with van der Waals surface area (Å²) in [7, 11) is 0. The second-order valence-electron chi connectivity index (χ2n) is 3.16. The van der Waals surface area contributed by atoms with Crippen LogP contribution in [-0.4, -0.2) is 16.7 Å². The first kappa shape index (κ1) is 11.8. The molecule has 0 spiro atoms. The van der Waals surface area contributed by atoms with Gasteiger partial charge in [-0.25, -0.2) is 0 Å². The molecule has 6 heteroatoms. The Bertz CT molecular complexity index is 499. The highest BCUT2D eigenvalue weighted by Crippen LogP contribution is 2.32. The van der Waals surface area contributed by atoms with Gasteiger partial charge < -0.3 is 5.73 Å². The Morgan fingerprint density at radius 2 is 2.06 bits per heavy atom. The molecule has 0 atom stereocenters. The van der Waals surface area contributed by atoms with E-state index in [-0.39, 0.29) is 0 Å². The normalized spacial score (nSPS) is 10.7. The zero-order chi connectivity index (χ0) is 11.5. The third kappa shape index (κ3) is 2.52. The summed E-state index contributed by atoms with van der Waals surface area (Å²) in [6.45, 7) is 0.567. The molecule has 3 nitrogen and oxygen atoms in total. The molecule has 0 amide bonds. The van der Waals surface area contributed by atoms with Gasteiger partial charge in [-0.15, -0.1) is 10.2 Å². The fourth-order valence-electron chi connectivity index (χ4n) is 1.25. The Balaban J connectivity index is 2.38. The zero-order valence-electron chi connectivity index (χ0n) is 8.28. The molecule has 0 aliphatic carbocycles. The molecule has 0 aliphatic heterocycles. The Kier molecular flexibility index (Phi) is 3.76. The number of aromatic nitrogens is 2. The van der Waals surface area contributed by atoms with Crippen molar-refractivity contribution >= 4 is 34.5 Å². The van der Waals surface area contributed by atoms with Gasteiger partial charge in [0.25, 0.3) is 0 Å². The number of hydrogen-bond donors (Lipinski definition) is 1. The van der Waals surface area contributed by atoms with E-state index in [4.69, 9.17) is 28.9 Å². The first-order valence-corrected chi connectivity index (χ1v) is 6.26. The first-order valence-electron chi connectivity index (χ1n) is 4.68. The van der Waals surface area contributed by atoms with Crippen LogP contribution in [0, 0.1) is 0 Å². The molecule has 1 heterocycles. The van der Waals surface area contributed by atoms with Gasteiger partial charge in [-0.2, -0.15) is 0 Å². The highest BCUT2D eigenvalue weighted by molar-refractivity contribution is 7.14. The third-order valence-corrected chi connectivity index (χ3v) is 3.56. The first-order chi connectivity index (χ1) is 7.70. The van der Waals surface area contributed by atoms with Crippen molar-refractivity contribution in [1.29, 1.82) is 0 Å². The van der Waals surface area contributed by atoms with E-state index in [1.54, 1.807) is 18.2 Å². The van der Waals surface area contributed by atoms with E-state index in [0.29, 0.717) is 16.6 Å². The number of benzene rings is 1. The topological polar surface area (TPSA) is 51.8 Å². The summed E-state index contributed by atoms with van der Waals surface area (Å²) < 4.78 is 0. The SMILES string of the molecule is NCCc1nnc(-c2cc(Cl)ccc2Cl)s1. The largest absolute Gasteiger partial charge is 0.330 e. The zero-order valence-corrected chi connectivity index (χ0v) is 10.6. The monoisotopic (exact) mass is 273 g/mol. The van der Waals surface area contributed by atoms with Crippen molar-refractivity contribution in [2.75, 3.05) is 6.54 Å². The van der Waals surface area contributed by atoms with Crippen molar-refractivity contribution in [2.24, 2.45) is 5.73 Å². The molecule has 0 fully saturated rings. The summed E-state index contributed by atoms with van der Waals surface area (Å²) in [4.78, 5) is 0. The molecule has 1 aromatic heterocycles. The number of rotatable bonds is 3. The third-order valence-electron chi connectivity index (χ3n) is 1.98. The van der Waals surface area contributed by atoms with Crippen LogP contribution >= 0.6 is 34.5 Å². The molecular weight excluding hydrogens is 265 g/mol. The van der Waals surface area contributed by atoms with Crippen LogP contribution in [0.4, 0.5) is 0 Å². The second-order valence-corrected chi connectivity index (χ2v) is 5.07. The van der Waals surface area contributed by atoms with Crippen LogP contribution in [0.15, 0.2) is 18.2 Å². The van der Waals surface area contributed by atoms with Crippen LogP contribution in [0.25, 0.3) is 10.6 Å². The molecule has 0 saturated carbocycles. The Labute approximate surface area is 107 Å². The van der Waals surface area contributed by atoms with Crippen LogP contribution in [-0.2, 0) is 6.42 Å². The Morgan fingerprint density at radius 1 is 1.25 bits per heavy atom. The summed E-state index contributed by atoms with van der Waals surface area (Å²) in [5.41, 5.74) is 6.27. The van der Waals surface area contributed by atoms with Crippen molar-refractivity contribution in [3.63, 3.8) is 0 Å². The standard InChI is InChI=1S/C10H9Cl2N3S/c11-6-1-2-8(12)7(5-6)10-15-14-9(16-10)3-4-13/h1-2,5H,3-4,13H2. The fourth-order valence-corrected chi connectivity index (χ4v) is 2.57. The maximum atomic E-state index is 6.07. The van der Waals surface area contributed by atoms with E-state index in [9.17, 15) is 0 Å². The van der Waals surface area contributed by atoms with Crippen molar-refractivity contribution in [2.45, 2.75) is 6.42 Å². The molecular formula is C10H9Cl2N3S. The average Bonchev–Trinajstić information content (AvgIpc) is 2.71. The van der Waals surface area contributed by atoms with Crippen LogP contribution in [0.2, 0.25) is 10.0 Å². The van der Waals surface area contributed by atoms with Gasteiger partial charge in [0.2, 0.25) is 0 Å². The second kappa shape index (κ2) is 5.10. The van der Waals surface area contributed by atoms with Crippen molar-refractivity contribution in [1.82, 2.24) is 10.2 Å². The van der Waals surface area contributed by atoms with Gasteiger partial charge in [-0.05, 0) is 24.7 Å². The lowest BCUT2D eigenvalue weighted by Crippen LogP contribution is -2.01. The molecule has 0 radical (unpaired) electrons. The van der Waals surface area contributed by atoms with Gasteiger partial charge in [0.05, 0.1) is 5.02 Å². The molecule has 0 aliphatic rings. The van der Waals surface area contributed by atoms with Crippen LogP contribution in [0.5, 0.6) is 0 Å². The van der Waals surface area contributed by atoms with Gasteiger partial charge >= 0.3 is 0 Å². The van der Waals surface area contributed by atoms with Gasteiger partial charge in [-0.1, -0.05) is 34.5 Å². The van der Waals surface area contributed by atoms with Gasteiger partial charge in [0.1, 0.15) is 10.0 Å². The molecule has 2 N–H and O–H groups in total. The Morgan fingerprint density at radius 3 is 2.81 bits per heavy atom.